The van der Waals surface area contributed by atoms with Gasteiger partial charge in [0.05, 0.1) is 17.1 Å². The Bertz CT molecular complexity index is 989. The fraction of sp³-hybridized carbons (Fsp3) is 0.250. The van der Waals surface area contributed by atoms with Crippen LogP contribution in [0.3, 0.4) is 0 Å². The molecule has 2 aromatic heterocycles. The van der Waals surface area contributed by atoms with Gasteiger partial charge in [0.25, 0.3) is 11.5 Å². The molecule has 0 aliphatic heterocycles. The molecule has 0 aliphatic carbocycles. The molecule has 0 spiro atoms. The fourth-order valence-electron chi connectivity index (χ4n) is 2.61. The van der Waals surface area contributed by atoms with Gasteiger partial charge in [0, 0.05) is 20.0 Å². The number of aliphatic carboxylic acids is 1. The highest BCUT2D eigenvalue weighted by Gasteiger charge is 2.19. The van der Waals surface area contributed by atoms with E-state index < -0.39 is 5.97 Å². The van der Waals surface area contributed by atoms with Crippen LogP contribution in [-0.2, 0) is 4.79 Å². The van der Waals surface area contributed by atoms with Gasteiger partial charge in [-0.15, -0.1) is 0 Å². The number of nitrogens with one attached hydrogen (secondary N) is 1. The number of hydrogen-bond donors (Lipinski definition) is 2. The van der Waals surface area contributed by atoms with Crippen molar-refractivity contribution in [2.75, 3.05) is 13.6 Å². The number of carboxylic acid groups (broad SMARTS) is 1. The summed E-state index contributed by atoms with van der Waals surface area (Å²) in [5.41, 5.74) is 0.925. The molecule has 1 amide bonds. The van der Waals surface area contributed by atoms with Crippen molar-refractivity contribution in [3.8, 4) is 0 Å². The largest absolute Gasteiger partial charge is 0.481 e. The molecule has 3 rings (SSSR count). The Morgan fingerprint density at radius 3 is 2.83 bits per heavy atom. The topological polar surface area (TPSA) is 108 Å². The van der Waals surface area contributed by atoms with Gasteiger partial charge in [-0.3, -0.25) is 14.4 Å². The van der Waals surface area contributed by atoms with E-state index >= 15 is 0 Å². The Morgan fingerprint density at radius 2 is 2.08 bits per heavy atom. The lowest BCUT2D eigenvalue weighted by atomic mass is 10.2. The second kappa shape index (κ2) is 6.15. The number of aromatic amines is 1. The first kappa shape index (κ1) is 15.7. The van der Waals surface area contributed by atoms with Crippen LogP contribution in [0.4, 0.5) is 0 Å². The van der Waals surface area contributed by atoms with Crippen LogP contribution in [0.5, 0.6) is 0 Å². The molecule has 0 atom stereocenters. The average Bonchev–Trinajstić information content (AvgIpc) is 2.97. The van der Waals surface area contributed by atoms with Gasteiger partial charge in [-0.2, -0.15) is 5.10 Å². The minimum Gasteiger partial charge on any atom is -0.481 e. The summed E-state index contributed by atoms with van der Waals surface area (Å²) in [6, 6.07) is 7.00. The van der Waals surface area contributed by atoms with E-state index in [9.17, 15) is 14.4 Å². The number of carboxylic acids is 1. The van der Waals surface area contributed by atoms with Gasteiger partial charge in [0.15, 0.2) is 0 Å². The molecule has 2 N–H and O–H groups in total. The van der Waals surface area contributed by atoms with Crippen molar-refractivity contribution >= 4 is 28.4 Å². The van der Waals surface area contributed by atoms with Gasteiger partial charge < -0.3 is 15.0 Å². The van der Waals surface area contributed by atoms with Crippen molar-refractivity contribution in [3.05, 3.63) is 46.4 Å². The summed E-state index contributed by atoms with van der Waals surface area (Å²) in [4.78, 5) is 39.4. The maximum atomic E-state index is 12.5. The number of para-hydroxylation sites is 1. The van der Waals surface area contributed by atoms with Crippen molar-refractivity contribution in [1.82, 2.24) is 19.5 Å². The molecular formula is C16H16N4O4. The number of carbonyl (C=O) groups is 2. The third-order valence-corrected chi connectivity index (χ3v) is 3.84. The summed E-state index contributed by atoms with van der Waals surface area (Å²) < 4.78 is 1.52. The Labute approximate surface area is 136 Å². The summed E-state index contributed by atoms with van der Waals surface area (Å²) >= 11 is 0. The van der Waals surface area contributed by atoms with Crippen LogP contribution in [0.25, 0.3) is 16.6 Å². The van der Waals surface area contributed by atoms with Gasteiger partial charge >= 0.3 is 5.97 Å². The number of nitrogens with zero attached hydrogens (tertiary/aromatic N) is 3. The number of fused-ring (bicyclic) bond motifs is 3. The van der Waals surface area contributed by atoms with Gasteiger partial charge in [-0.1, -0.05) is 12.1 Å². The summed E-state index contributed by atoms with van der Waals surface area (Å²) in [5.74, 6) is -1.22. The van der Waals surface area contributed by atoms with Crippen LogP contribution in [0, 0.1) is 0 Å². The zero-order valence-electron chi connectivity index (χ0n) is 13.0. The van der Waals surface area contributed by atoms with Gasteiger partial charge in [0.1, 0.15) is 11.2 Å². The standard InChI is InChI=1S/C16H16N4O4/c1-19(8-4-7-13(21)22)16(24)11-9-17-20-12-6-3-2-5-10(12)15(23)18-14(11)20/h2-3,5-6,9H,4,7-8H2,1H3,(H,18,23)(H,21,22). The number of benzene rings is 1. The predicted molar refractivity (Wildman–Crippen MR) is 87.1 cm³/mol. The number of amides is 1. The van der Waals surface area contributed by atoms with Crippen molar-refractivity contribution in [1.29, 1.82) is 0 Å². The minimum atomic E-state index is -0.900. The molecular weight excluding hydrogens is 312 g/mol. The molecule has 2 heterocycles. The van der Waals surface area contributed by atoms with E-state index in [-0.39, 0.29) is 23.5 Å². The van der Waals surface area contributed by atoms with E-state index in [1.54, 1.807) is 31.3 Å². The van der Waals surface area contributed by atoms with Crippen LogP contribution in [0.1, 0.15) is 23.2 Å². The maximum Gasteiger partial charge on any atom is 0.303 e. The van der Waals surface area contributed by atoms with Gasteiger partial charge in [-0.05, 0) is 18.6 Å². The molecule has 0 saturated carbocycles. The zero-order chi connectivity index (χ0) is 17.3. The third-order valence-electron chi connectivity index (χ3n) is 3.84. The number of hydrogen-bond acceptors (Lipinski definition) is 4. The predicted octanol–water partition coefficient (Wildman–Crippen LogP) is 1.11. The number of aromatic nitrogens is 3. The van der Waals surface area contributed by atoms with Crippen LogP contribution in [-0.4, -0.2) is 50.1 Å². The van der Waals surface area contributed by atoms with E-state index in [1.807, 2.05) is 0 Å². The quantitative estimate of drug-likeness (QED) is 0.729. The molecule has 0 bridgehead atoms. The summed E-state index contributed by atoms with van der Waals surface area (Å²) in [6.07, 6.45) is 1.76. The third kappa shape index (κ3) is 2.73. The van der Waals surface area contributed by atoms with E-state index in [2.05, 4.69) is 10.1 Å². The van der Waals surface area contributed by atoms with E-state index in [4.69, 9.17) is 5.11 Å². The molecule has 8 heteroatoms. The lowest BCUT2D eigenvalue weighted by Gasteiger charge is -2.15. The number of carbonyl (C=O) groups excluding carboxylic acids is 1. The zero-order valence-corrected chi connectivity index (χ0v) is 13.0. The first-order chi connectivity index (χ1) is 11.5. The highest BCUT2D eigenvalue weighted by Crippen LogP contribution is 2.15. The number of H-pyrrole nitrogens is 1. The lowest BCUT2D eigenvalue weighted by molar-refractivity contribution is -0.137. The molecule has 1 aromatic carbocycles. The highest BCUT2D eigenvalue weighted by atomic mass is 16.4. The van der Waals surface area contributed by atoms with Gasteiger partial charge in [0.2, 0.25) is 0 Å². The molecule has 8 nitrogen and oxygen atoms in total. The van der Waals surface area contributed by atoms with Crippen molar-refractivity contribution in [3.63, 3.8) is 0 Å². The SMILES string of the molecule is CN(CCCC(=O)O)C(=O)c1cnn2c1[nH]c(=O)c1ccccc12. The molecule has 3 aromatic rings. The molecule has 0 fully saturated rings. The summed E-state index contributed by atoms with van der Waals surface area (Å²) in [6.45, 7) is 0.306. The molecule has 124 valence electrons. The van der Waals surface area contributed by atoms with Crippen LogP contribution in [0.15, 0.2) is 35.3 Å². The second-order valence-corrected chi connectivity index (χ2v) is 5.51. The summed E-state index contributed by atoms with van der Waals surface area (Å²) in [7, 11) is 1.59. The first-order valence-electron chi connectivity index (χ1n) is 7.45. The first-order valence-corrected chi connectivity index (χ1v) is 7.45. The van der Waals surface area contributed by atoms with E-state index in [1.165, 1.54) is 15.6 Å². The summed E-state index contributed by atoms with van der Waals surface area (Å²) in [5, 5.41) is 13.4. The Morgan fingerprint density at radius 1 is 1.33 bits per heavy atom. The smallest absolute Gasteiger partial charge is 0.303 e. The molecule has 0 radical (unpaired) electrons. The lowest BCUT2D eigenvalue weighted by Crippen LogP contribution is -2.28. The van der Waals surface area contributed by atoms with Crippen LogP contribution >= 0.6 is 0 Å². The second-order valence-electron chi connectivity index (χ2n) is 5.51. The Hall–Kier alpha value is -3.16. The maximum absolute atomic E-state index is 12.5. The molecule has 0 saturated heterocycles. The van der Waals surface area contributed by atoms with E-state index in [0.717, 1.165) is 0 Å². The Balaban J connectivity index is 1.97. The van der Waals surface area contributed by atoms with E-state index in [0.29, 0.717) is 29.5 Å². The Kier molecular flexibility index (Phi) is 4.03. The molecule has 0 aliphatic rings. The minimum absolute atomic E-state index is 0.00610. The van der Waals surface area contributed by atoms with Crippen LogP contribution < -0.4 is 5.56 Å². The van der Waals surface area contributed by atoms with Crippen molar-refractivity contribution in [2.45, 2.75) is 12.8 Å². The monoisotopic (exact) mass is 328 g/mol. The normalized spacial score (nSPS) is 11.0. The van der Waals surface area contributed by atoms with Crippen LogP contribution in [0.2, 0.25) is 0 Å². The average molecular weight is 328 g/mol. The number of rotatable bonds is 5. The molecule has 0 unspecified atom stereocenters. The van der Waals surface area contributed by atoms with Gasteiger partial charge in [-0.25, -0.2) is 4.52 Å². The van der Waals surface area contributed by atoms with Crippen molar-refractivity contribution < 1.29 is 14.7 Å². The molecule has 24 heavy (non-hydrogen) atoms. The van der Waals surface area contributed by atoms with Crippen molar-refractivity contribution in [2.24, 2.45) is 0 Å². The highest BCUT2D eigenvalue weighted by molar-refractivity contribution is 6.00. The fourth-order valence-corrected chi connectivity index (χ4v) is 2.61.